The minimum absolute atomic E-state index is 0.747. The van der Waals surface area contributed by atoms with Crippen LogP contribution < -0.4 is 5.32 Å². The summed E-state index contributed by atoms with van der Waals surface area (Å²) in [6.45, 7) is 5.56. The molecular formula is C12H22N2S. The summed E-state index contributed by atoms with van der Waals surface area (Å²) in [5, 5.41) is 5.56. The van der Waals surface area contributed by atoms with Gasteiger partial charge in [0.2, 0.25) is 0 Å². The third-order valence-corrected chi connectivity index (χ3v) is 4.41. The molecule has 2 rings (SSSR count). The summed E-state index contributed by atoms with van der Waals surface area (Å²) in [4.78, 5) is 4.58. The Hall–Kier alpha value is -0.180. The largest absolute Gasteiger partial charge is 0.362 e. The molecule has 2 nitrogen and oxygen atoms in total. The van der Waals surface area contributed by atoms with Gasteiger partial charge in [0.15, 0.2) is 5.17 Å². The zero-order valence-corrected chi connectivity index (χ0v) is 10.6. The lowest BCUT2D eigenvalue weighted by atomic mass is 10.2. The van der Waals surface area contributed by atoms with Gasteiger partial charge in [-0.2, -0.15) is 0 Å². The molecule has 2 aliphatic rings. The van der Waals surface area contributed by atoms with Crippen LogP contribution in [0.15, 0.2) is 4.99 Å². The summed E-state index contributed by atoms with van der Waals surface area (Å²) in [6.07, 6.45) is 6.66. The maximum atomic E-state index is 4.58. The van der Waals surface area contributed by atoms with E-state index >= 15 is 0 Å². The summed E-state index contributed by atoms with van der Waals surface area (Å²) in [5.74, 6) is 0.934. The van der Waals surface area contributed by atoms with Crippen LogP contribution in [0.2, 0.25) is 0 Å². The number of aliphatic imine (C=N–C) groups is 1. The van der Waals surface area contributed by atoms with E-state index < -0.39 is 0 Å². The van der Waals surface area contributed by atoms with Crippen molar-refractivity contribution in [1.82, 2.24) is 5.32 Å². The summed E-state index contributed by atoms with van der Waals surface area (Å²) in [5.41, 5.74) is 0. The van der Waals surface area contributed by atoms with Gasteiger partial charge in [0, 0.05) is 11.3 Å². The second-order valence-electron chi connectivity index (χ2n) is 4.71. The van der Waals surface area contributed by atoms with Gasteiger partial charge in [-0.05, 0) is 25.2 Å². The van der Waals surface area contributed by atoms with E-state index in [0.717, 1.165) is 23.8 Å². The molecule has 3 heteroatoms. The first-order valence-corrected chi connectivity index (χ1v) is 7.19. The van der Waals surface area contributed by atoms with Gasteiger partial charge in [0.1, 0.15) is 0 Å². The molecule has 0 radical (unpaired) electrons. The van der Waals surface area contributed by atoms with Gasteiger partial charge in [-0.25, -0.2) is 0 Å². The molecule has 1 heterocycles. The molecule has 1 aliphatic carbocycles. The van der Waals surface area contributed by atoms with Crippen LogP contribution >= 0.6 is 11.8 Å². The number of nitrogens with one attached hydrogen (secondary N) is 1. The maximum Gasteiger partial charge on any atom is 0.157 e. The first-order chi connectivity index (χ1) is 7.33. The second kappa shape index (κ2) is 5.24. The first-order valence-electron chi connectivity index (χ1n) is 6.31. The Morgan fingerprint density at radius 2 is 2.13 bits per heavy atom. The highest BCUT2D eigenvalue weighted by atomic mass is 32.2. The van der Waals surface area contributed by atoms with Gasteiger partial charge < -0.3 is 5.32 Å². The molecule has 1 fully saturated rings. The molecule has 3 unspecified atom stereocenters. The van der Waals surface area contributed by atoms with Crippen LogP contribution in [0.1, 0.15) is 46.0 Å². The average molecular weight is 226 g/mol. The monoisotopic (exact) mass is 226 g/mol. The SMILES string of the molecule is CCCC1CN=C(NC2CC2CCC)S1. The average Bonchev–Trinajstić information content (AvgIpc) is 2.76. The Bertz CT molecular complexity index is 240. The fourth-order valence-electron chi connectivity index (χ4n) is 2.24. The highest BCUT2D eigenvalue weighted by molar-refractivity contribution is 8.14. The van der Waals surface area contributed by atoms with Crippen LogP contribution in [0, 0.1) is 5.92 Å². The molecule has 0 saturated heterocycles. The van der Waals surface area contributed by atoms with Crippen LogP contribution in [-0.4, -0.2) is 23.0 Å². The highest BCUT2D eigenvalue weighted by Crippen LogP contribution is 2.36. The Morgan fingerprint density at radius 1 is 1.33 bits per heavy atom. The van der Waals surface area contributed by atoms with E-state index in [2.05, 4.69) is 24.2 Å². The zero-order valence-electron chi connectivity index (χ0n) is 9.83. The van der Waals surface area contributed by atoms with E-state index in [4.69, 9.17) is 0 Å². The van der Waals surface area contributed by atoms with Crippen LogP contribution in [0.4, 0.5) is 0 Å². The minimum atomic E-state index is 0.747. The van der Waals surface area contributed by atoms with Crippen LogP contribution in [0.3, 0.4) is 0 Å². The summed E-state index contributed by atoms with van der Waals surface area (Å²) < 4.78 is 0. The number of hydrogen-bond donors (Lipinski definition) is 1. The maximum absolute atomic E-state index is 4.58. The topological polar surface area (TPSA) is 24.4 Å². The van der Waals surface area contributed by atoms with E-state index in [1.807, 2.05) is 11.8 Å². The molecule has 0 amide bonds. The van der Waals surface area contributed by atoms with Crippen molar-refractivity contribution in [3.63, 3.8) is 0 Å². The van der Waals surface area contributed by atoms with Crippen LogP contribution in [0.25, 0.3) is 0 Å². The number of thioether (sulfide) groups is 1. The number of amidine groups is 1. The molecule has 1 N–H and O–H groups in total. The molecule has 0 spiro atoms. The van der Waals surface area contributed by atoms with Gasteiger partial charge >= 0.3 is 0 Å². The smallest absolute Gasteiger partial charge is 0.157 e. The summed E-state index contributed by atoms with van der Waals surface area (Å²) >= 11 is 1.96. The molecule has 0 aromatic rings. The van der Waals surface area contributed by atoms with Gasteiger partial charge in [0.05, 0.1) is 6.54 Å². The van der Waals surface area contributed by atoms with Crippen LogP contribution in [-0.2, 0) is 0 Å². The molecule has 1 saturated carbocycles. The summed E-state index contributed by atoms with van der Waals surface area (Å²) in [6, 6.07) is 0.747. The lowest BCUT2D eigenvalue weighted by Gasteiger charge is -2.07. The fraction of sp³-hybridized carbons (Fsp3) is 0.917. The van der Waals surface area contributed by atoms with Crippen molar-refractivity contribution in [2.45, 2.75) is 57.2 Å². The van der Waals surface area contributed by atoms with Crippen molar-refractivity contribution in [2.75, 3.05) is 6.54 Å². The van der Waals surface area contributed by atoms with E-state index in [0.29, 0.717) is 0 Å². The van der Waals surface area contributed by atoms with Gasteiger partial charge in [-0.1, -0.05) is 38.5 Å². The molecule has 15 heavy (non-hydrogen) atoms. The van der Waals surface area contributed by atoms with Crippen molar-refractivity contribution in [3.05, 3.63) is 0 Å². The van der Waals surface area contributed by atoms with Crippen LogP contribution in [0.5, 0.6) is 0 Å². The molecule has 1 aliphatic heterocycles. The second-order valence-corrected chi connectivity index (χ2v) is 6.00. The lowest BCUT2D eigenvalue weighted by Crippen LogP contribution is -2.23. The molecule has 0 aromatic carbocycles. The van der Waals surface area contributed by atoms with Crippen molar-refractivity contribution in [2.24, 2.45) is 10.9 Å². The minimum Gasteiger partial charge on any atom is -0.362 e. The Kier molecular flexibility index (Phi) is 3.95. The van der Waals surface area contributed by atoms with Crippen molar-refractivity contribution in [3.8, 4) is 0 Å². The standard InChI is InChI=1S/C12H22N2S/c1-3-5-9-7-11(9)14-12-13-8-10(15-12)6-4-2/h9-11H,3-8H2,1-2H3,(H,13,14). The van der Waals surface area contributed by atoms with E-state index in [1.54, 1.807) is 0 Å². The lowest BCUT2D eigenvalue weighted by molar-refractivity contribution is 0.664. The Balaban J connectivity index is 1.65. The molecule has 0 aromatic heterocycles. The Labute approximate surface area is 97.3 Å². The van der Waals surface area contributed by atoms with E-state index in [9.17, 15) is 0 Å². The van der Waals surface area contributed by atoms with E-state index in [1.165, 1.54) is 37.3 Å². The van der Waals surface area contributed by atoms with Crippen molar-refractivity contribution >= 4 is 16.9 Å². The molecular weight excluding hydrogens is 204 g/mol. The fourth-order valence-corrected chi connectivity index (χ4v) is 3.43. The van der Waals surface area contributed by atoms with E-state index in [-0.39, 0.29) is 0 Å². The number of hydrogen-bond acceptors (Lipinski definition) is 3. The predicted molar refractivity (Wildman–Crippen MR) is 68.5 cm³/mol. The number of nitrogens with zero attached hydrogens (tertiary/aromatic N) is 1. The first kappa shape index (κ1) is 11.3. The van der Waals surface area contributed by atoms with Gasteiger partial charge in [-0.3, -0.25) is 4.99 Å². The molecule has 86 valence electrons. The molecule has 0 bridgehead atoms. The highest BCUT2D eigenvalue weighted by Gasteiger charge is 2.37. The molecule has 3 atom stereocenters. The Morgan fingerprint density at radius 3 is 2.87 bits per heavy atom. The van der Waals surface area contributed by atoms with Crippen molar-refractivity contribution < 1.29 is 0 Å². The van der Waals surface area contributed by atoms with Gasteiger partial charge in [-0.15, -0.1) is 0 Å². The van der Waals surface area contributed by atoms with Gasteiger partial charge in [0.25, 0.3) is 0 Å². The predicted octanol–water partition coefficient (Wildman–Crippen LogP) is 3.04. The van der Waals surface area contributed by atoms with Crippen molar-refractivity contribution in [1.29, 1.82) is 0 Å². The zero-order chi connectivity index (χ0) is 10.7. The third-order valence-electron chi connectivity index (χ3n) is 3.22. The third kappa shape index (κ3) is 3.13. The normalized spacial score (nSPS) is 34.0. The summed E-state index contributed by atoms with van der Waals surface area (Å²) in [7, 11) is 0. The quantitative estimate of drug-likeness (QED) is 0.779. The number of rotatable bonds is 5.